The fraction of sp³-hybridized carbons (Fsp3) is 0.316. The number of nitrogens with one attached hydrogen (secondary N) is 2. The number of carbonyl (C=O) groups is 1. The molecule has 2 N–H and O–H groups in total. The van der Waals surface area contributed by atoms with E-state index in [1.165, 1.54) is 32.4 Å². The second-order valence-electron chi connectivity index (χ2n) is 6.12. The average molecular weight is 461 g/mol. The Kier molecular flexibility index (Phi) is 8.15. The number of halogens is 2. The first-order chi connectivity index (χ1) is 13.7. The van der Waals surface area contributed by atoms with Gasteiger partial charge in [0.25, 0.3) is 0 Å². The minimum absolute atomic E-state index is 0.0110. The van der Waals surface area contributed by atoms with Crippen molar-refractivity contribution in [1.82, 2.24) is 10.0 Å². The Morgan fingerprint density at radius 2 is 1.76 bits per heavy atom. The number of amides is 1. The number of hydrogen-bond acceptors (Lipinski definition) is 5. The highest BCUT2D eigenvalue weighted by Crippen LogP contribution is 2.29. The summed E-state index contributed by atoms with van der Waals surface area (Å²) in [6.45, 7) is 1.71. The van der Waals surface area contributed by atoms with Crippen molar-refractivity contribution in [3.63, 3.8) is 0 Å². The second kappa shape index (κ2) is 10.2. The third-order valence-corrected chi connectivity index (χ3v) is 6.14. The number of ether oxygens (including phenoxy) is 2. The molecule has 158 valence electrons. The van der Waals surface area contributed by atoms with E-state index in [0.717, 1.165) is 5.56 Å². The number of benzene rings is 2. The van der Waals surface area contributed by atoms with E-state index in [0.29, 0.717) is 21.5 Å². The first-order valence-electron chi connectivity index (χ1n) is 8.64. The quantitative estimate of drug-likeness (QED) is 0.596. The summed E-state index contributed by atoms with van der Waals surface area (Å²) < 4.78 is 37.5. The van der Waals surface area contributed by atoms with Gasteiger partial charge in [0.1, 0.15) is 0 Å². The molecule has 0 aliphatic heterocycles. The van der Waals surface area contributed by atoms with Gasteiger partial charge in [-0.25, -0.2) is 13.1 Å². The molecule has 0 heterocycles. The lowest BCUT2D eigenvalue weighted by atomic mass is 10.1. The van der Waals surface area contributed by atoms with Crippen LogP contribution in [0.25, 0.3) is 0 Å². The van der Waals surface area contributed by atoms with E-state index < -0.39 is 10.0 Å². The molecule has 0 radical (unpaired) electrons. The van der Waals surface area contributed by atoms with E-state index >= 15 is 0 Å². The molecule has 1 amide bonds. The summed E-state index contributed by atoms with van der Waals surface area (Å²) >= 11 is 12.0. The van der Waals surface area contributed by atoms with Crippen LogP contribution in [0.15, 0.2) is 41.3 Å². The van der Waals surface area contributed by atoms with E-state index in [9.17, 15) is 13.2 Å². The molecule has 0 saturated carbocycles. The zero-order chi connectivity index (χ0) is 21.6. The molecule has 2 aromatic carbocycles. The Hall–Kier alpha value is -2.00. The van der Waals surface area contributed by atoms with Gasteiger partial charge in [-0.2, -0.15) is 0 Å². The van der Waals surface area contributed by atoms with Crippen LogP contribution in [0.5, 0.6) is 11.5 Å². The lowest BCUT2D eigenvalue weighted by Gasteiger charge is -2.16. The lowest BCUT2D eigenvalue weighted by molar-refractivity contribution is -0.121. The molecule has 0 bridgehead atoms. The van der Waals surface area contributed by atoms with Crippen LogP contribution >= 0.6 is 23.2 Å². The highest BCUT2D eigenvalue weighted by molar-refractivity contribution is 7.89. The molecule has 1 atom stereocenters. The summed E-state index contributed by atoms with van der Waals surface area (Å²) in [6, 6.07) is 8.91. The van der Waals surface area contributed by atoms with Crippen molar-refractivity contribution in [2.75, 3.05) is 20.8 Å². The van der Waals surface area contributed by atoms with Crippen molar-refractivity contribution in [1.29, 1.82) is 0 Å². The molecule has 0 fully saturated rings. The van der Waals surface area contributed by atoms with Crippen molar-refractivity contribution in [2.45, 2.75) is 24.3 Å². The van der Waals surface area contributed by atoms with Crippen LogP contribution in [0.3, 0.4) is 0 Å². The molecule has 0 aromatic heterocycles. The molecule has 0 saturated heterocycles. The van der Waals surface area contributed by atoms with Crippen LogP contribution < -0.4 is 19.5 Å². The maximum Gasteiger partial charge on any atom is 0.240 e. The standard InChI is InChI=1S/C19H22Cl2N2O5S/c1-12(15-6-4-13(20)10-16(15)21)23-19(24)8-9-22-29(25,26)14-5-7-17(27-2)18(11-14)28-3/h4-7,10-12,22H,8-9H2,1-3H3,(H,23,24). The zero-order valence-corrected chi connectivity index (χ0v) is 18.5. The zero-order valence-electron chi connectivity index (χ0n) is 16.2. The van der Waals surface area contributed by atoms with Gasteiger partial charge >= 0.3 is 0 Å². The fourth-order valence-corrected chi connectivity index (χ4v) is 4.23. The van der Waals surface area contributed by atoms with Crippen LogP contribution in [0, 0.1) is 0 Å². The Bertz CT molecular complexity index is 983. The third kappa shape index (κ3) is 6.24. The highest BCUT2D eigenvalue weighted by atomic mass is 35.5. The molecule has 2 aromatic rings. The van der Waals surface area contributed by atoms with E-state index in [1.807, 2.05) is 0 Å². The van der Waals surface area contributed by atoms with Crippen LogP contribution in [0.2, 0.25) is 10.0 Å². The van der Waals surface area contributed by atoms with Crippen molar-refractivity contribution in [3.8, 4) is 11.5 Å². The fourth-order valence-electron chi connectivity index (χ4n) is 2.61. The predicted molar refractivity (Wildman–Crippen MR) is 112 cm³/mol. The van der Waals surface area contributed by atoms with Crippen LogP contribution in [-0.4, -0.2) is 35.1 Å². The summed E-state index contributed by atoms with van der Waals surface area (Å²) in [5.41, 5.74) is 0.718. The largest absolute Gasteiger partial charge is 0.493 e. The first kappa shape index (κ1) is 23.3. The summed E-state index contributed by atoms with van der Waals surface area (Å²) in [4.78, 5) is 12.2. The Morgan fingerprint density at radius 1 is 1.07 bits per heavy atom. The number of carbonyl (C=O) groups excluding carboxylic acids is 1. The highest BCUT2D eigenvalue weighted by Gasteiger charge is 2.18. The van der Waals surface area contributed by atoms with Gasteiger partial charge in [-0.05, 0) is 36.8 Å². The Morgan fingerprint density at radius 3 is 2.38 bits per heavy atom. The van der Waals surface area contributed by atoms with Crippen molar-refractivity contribution < 1.29 is 22.7 Å². The minimum atomic E-state index is -3.81. The van der Waals surface area contributed by atoms with Gasteiger partial charge in [-0.15, -0.1) is 0 Å². The van der Waals surface area contributed by atoms with Gasteiger partial charge in [0.15, 0.2) is 11.5 Å². The third-order valence-electron chi connectivity index (χ3n) is 4.12. The van der Waals surface area contributed by atoms with Crippen molar-refractivity contribution in [3.05, 3.63) is 52.0 Å². The Labute approximate surface area is 180 Å². The lowest BCUT2D eigenvalue weighted by Crippen LogP contribution is -2.32. The molecule has 7 nitrogen and oxygen atoms in total. The first-order valence-corrected chi connectivity index (χ1v) is 10.9. The Balaban J connectivity index is 1.93. The van der Waals surface area contributed by atoms with Gasteiger partial charge < -0.3 is 14.8 Å². The molecule has 2 rings (SSSR count). The summed E-state index contributed by atoms with van der Waals surface area (Å²) in [6.07, 6.45) is -0.0396. The number of rotatable bonds is 9. The van der Waals surface area contributed by atoms with Crippen molar-refractivity contribution >= 4 is 39.1 Å². The molecular formula is C19H22Cl2N2O5S. The smallest absolute Gasteiger partial charge is 0.240 e. The maximum atomic E-state index is 12.4. The van der Waals surface area contributed by atoms with E-state index in [1.54, 1.807) is 25.1 Å². The van der Waals surface area contributed by atoms with Crippen LogP contribution in [-0.2, 0) is 14.8 Å². The average Bonchev–Trinajstić information content (AvgIpc) is 2.66. The second-order valence-corrected chi connectivity index (χ2v) is 8.73. The van der Waals surface area contributed by atoms with Gasteiger partial charge in [-0.1, -0.05) is 29.3 Å². The van der Waals surface area contributed by atoms with Crippen LogP contribution in [0.1, 0.15) is 24.9 Å². The van der Waals surface area contributed by atoms with E-state index in [4.69, 9.17) is 32.7 Å². The van der Waals surface area contributed by atoms with Gasteiger partial charge in [-0.3, -0.25) is 4.79 Å². The van der Waals surface area contributed by atoms with E-state index in [-0.39, 0.29) is 29.8 Å². The molecule has 0 spiro atoms. The minimum Gasteiger partial charge on any atom is -0.493 e. The van der Waals surface area contributed by atoms with E-state index in [2.05, 4.69) is 10.0 Å². The topological polar surface area (TPSA) is 93.7 Å². The maximum absolute atomic E-state index is 12.4. The predicted octanol–water partition coefficient (Wildman–Crippen LogP) is 3.56. The molecular weight excluding hydrogens is 439 g/mol. The number of hydrogen-bond donors (Lipinski definition) is 2. The van der Waals surface area contributed by atoms with Crippen molar-refractivity contribution in [2.24, 2.45) is 0 Å². The summed E-state index contributed by atoms with van der Waals surface area (Å²) in [5.74, 6) is 0.390. The monoisotopic (exact) mass is 460 g/mol. The normalized spacial score (nSPS) is 12.3. The molecule has 0 aliphatic carbocycles. The summed E-state index contributed by atoms with van der Waals surface area (Å²) in [5, 5.41) is 3.72. The molecule has 10 heteroatoms. The summed E-state index contributed by atoms with van der Waals surface area (Å²) in [7, 11) is -0.931. The molecule has 0 aliphatic rings. The van der Waals surface area contributed by atoms with Gasteiger partial charge in [0.05, 0.1) is 25.2 Å². The van der Waals surface area contributed by atoms with Crippen LogP contribution in [0.4, 0.5) is 0 Å². The van der Waals surface area contributed by atoms with Gasteiger partial charge in [0.2, 0.25) is 15.9 Å². The number of methoxy groups -OCH3 is 2. The number of sulfonamides is 1. The van der Waals surface area contributed by atoms with Gasteiger partial charge in [0, 0.05) is 29.1 Å². The molecule has 29 heavy (non-hydrogen) atoms. The SMILES string of the molecule is COc1ccc(S(=O)(=O)NCCC(=O)NC(C)c2ccc(Cl)cc2Cl)cc1OC. The molecule has 1 unspecified atom stereocenters.